The van der Waals surface area contributed by atoms with Gasteiger partial charge in [0.1, 0.15) is 25.1 Å². The number of nitrogens with zero attached hydrogens (tertiary/aromatic N) is 2. The van der Waals surface area contributed by atoms with Gasteiger partial charge in [0.15, 0.2) is 12.2 Å². The third kappa shape index (κ3) is 11.7. The molecule has 0 saturated carbocycles. The Morgan fingerprint density at radius 3 is 1.80 bits per heavy atom. The van der Waals surface area contributed by atoms with Crippen molar-refractivity contribution in [2.75, 3.05) is 6.61 Å². The molecule has 0 unspecified atom stereocenters. The van der Waals surface area contributed by atoms with Gasteiger partial charge < -0.3 is 23.7 Å². The minimum absolute atomic E-state index is 0.256. The number of unbranched alkanes of at least 4 members (excludes halogenated alkanes) is 9. The topological polar surface area (TPSA) is 123 Å². The minimum Gasteiger partial charge on any atom is -0.463 e. The number of hydrogen-bond acceptors (Lipinski definition) is 9. The lowest BCUT2D eigenvalue weighted by molar-refractivity contribution is -0.697. The van der Waals surface area contributed by atoms with Gasteiger partial charge in [-0.1, -0.05) is 58.3 Å². The first-order valence-corrected chi connectivity index (χ1v) is 14.5. The number of esters is 4. The standard InChI is InChI=1S/C29H47N2O9/c1-6-7-8-9-10-11-12-13-14-15-16-30-17-18-31(20-30)29-28(39-24(5)35)27(38-23(4)34)26(37-22(3)33)25(40-29)19-36-21(2)32/h17-18,20,25-29H,6-16,19H2,1-5H3/q+1/t25-,26-,27+,28-,29-/m1/s1. The number of aryl methyl sites for hydroxylation is 1. The normalized spacial score (nSPS) is 22.4. The Labute approximate surface area is 237 Å². The number of carbonyl (C=O) groups is 4. The summed E-state index contributed by atoms with van der Waals surface area (Å²) in [6.45, 7) is 7.66. The Hall–Kier alpha value is -2.95. The van der Waals surface area contributed by atoms with Crippen molar-refractivity contribution >= 4 is 23.9 Å². The highest BCUT2D eigenvalue weighted by atomic mass is 16.7. The maximum absolute atomic E-state index is 12.1. The van der Waals surface area contributed by atoms with E-state index >= 15 is 0 Å². The monoisotopic (exact) mass is 567 g/mol. The summed E-state index contributed by atoms with van der Waals surface area (Å²) >= 11 is 0. The first-order chi connectivity index (χ1) is 19.1. The largest absolute Gasteiger partial charge is 0.463 e. The van der Waals surface area contributed by atoms with Gasteiger partial charge in [0, 0.05) is 27.7 Å². The van der Waals surface area contributed by atoms with E-state index in [2.05, 4.69) is 6.92 Å². The Morgan fingerprint density at radius 1 is 0.725 bits per heavy atom. The smallest absolute Gasteiger partial charge is 0.303 e. The highest BCUT2D eigenvalue weighted by molar-refractivity contribution is 5.68. The zero-order valence-electron chi connectivity index (χ0n) is 24.7. The van der Waals surface area contributed by atoms with Crippen molar-refractivity contribution in [2.45, 2.75) is 136 Å². The third-order valence-corrected chi connectivity index (χ3v) is 6.74. The third-order valence-electron chi connectivity index (χ3n) is 6.74. The first-order valence-electron chi connectivity index (χ1n) is 14.5. The van der Waals surface area contributed by atoms with Crippen molar-refractivity contribution in [3.05, 3.63) is 18.7 Å². The van der Waals surface area contributed by atoms with Crippen LogP contribution in [0.25, 0.3) is 0 Å². The predicted octanol–water partition coefficient (Wildman–Crippen LogP) is 3.95. The summed E-state index contributed by atoms with van der Waals surface area (Å²) in [6.07, 6.45) is 12.6. The second kappa shape index (κ2) is 17.7. The fraction of sp³-hybridized carbons (Fsp3) is 0.759. The number of aromatic nitrogens is 2. The molecule has 0 aliphatic carbocycles. The van der Waals surface area contributed by atoms with Crippen LogP contribution in [0.5, 0.6) is 0 Å². The number of carbonyl (C=O) groups excluding carboxylic acids is 4. The quantitative estimate of drug-likeness (QED) is 0.119. The van der Waals surface area contributed by atoms with Gasteiger partial charge in [0.25, 0.3) is 0 Å². The molecule has 0 amide bonds. The molecule has 0 aromatic carbocycles. The van der Waals surface area contributed by atoms with E-state index in [1.54, 1.807) is 10.8 Å². The van der Waals surface area contributed by atoms with Crippen LogP contribution in [0.4, 0.5) is 0 Å². The van der Waals surface area contributed by atoms with Gasteiger partial charge in [0.05, 0.1) is 6.54 Å². The summed E-state index contributed by atoms with van der Waals surface area (Å²) in [5.74, 6) is -2.49. The van der Waals surface area contributed by atoms with Crippen molar-refractivity contribution in [3.8, 4) is 0 Å². The lowest BCUT2D eigenvalue weighted by Crippen LogP contribution is -2.60. The van der Waals surface area contributed by atoms with Crippen LogP contribution in [0, 0.1) is 0 Å². The van der Waals surface area contributed by atoms with Crippen LogP contribution in [0.3, 0.4) is 0 Å². The first kappa shape index (κ1) is 33.3. The average molecular weight is 568 g/mol. The molecule has 5 atom stereocenters. The Bertz CT molecular complexity index is 948. The van der Waals surface area contributed by atoms with Crippen LogP contribution < -0.4 is 4.57 Å². The fourth-order valence-electron chi connectivity index (χ4n) is 4.92. The van der Waals surface area contributed by atoms with E-state index in [0.29, 0.717) is 0 Å². The summed E-state index contributed by atoms with van der Waals surface area (Å²) < 4.78 is 31.6. The molecule has 1 aliphatic rings. The molecule has 2 heterocycles. The van der Waals surface area contributed by atoms with Crippen LogP contribution >= 0.6 is 0 Å². The lowest BCUT2D eigenvalue weighted by Gasteiger charge is -2.42. The molecule has 0 spiro atoms. The van der Waals surface area contributed by atoms with Gasteiger partial charge in [-0.05, 0) is 12.8 Å². The van der Waals surface area contributed by atoms with Gasteiger partial charge in [0.2, 0.25) is 18.7 Å². The number of rotatable bonds is 17. The number of hydrogen-bond donors (Lipinski definition) is 0. The predicted molar refractivity (Wildman–Crippen MR) is 144 cm³/mol. The fourth-order valence-corrected chi connectivity index (χ4v) is 4.92. The molecule has 0 N–H and O–H groups in total. The molecule has 40 heavy (non-hydrogen) atoms. The summed E-state index contributed by atoms with van der Waals surface area (Å²) in [6, 6.07) is 0. The van der Waals surface area contributed by atoms with Crippen LogP contribution in [-0.2, 0) is 49.4 Å². The molecule has 11 nitrogen and oxygen atoms in total. The summed E-state index contributed by atoms with van der Waals surface area (Å²) in [4.78, 5) is 47.5. The van der Waals surface area contributed by atoms with E-state index in [9.17, 15) is 19.2 Å². The molecule has 1 fully saturated rings. The number of ether oxygens (including phenoxy) is 5. The van der Waals surface area contributed by atoms with E-state index in [0.717, 1.165) is 19.4 Å². The van der Waals surface area contributed by atoms with E-state index in [-0.39, 0.29) is 6.61 Å². The zero-order valence-corrected chi connectivity index (χ0v) is 24.7. The van der Waals surface area contributed by atoms with Crippen LogP contribution in [0.15, 0.2) is 18.7 Å². The molecule has 226 valence electrons. The molecule has 2 rings (SSSR count). The van der Waals surface area contributed by atoms with Gasteiger partial charge in [-0.3, -0.25) is 19.2 Å². The second-order valence-corrected chi connectivity index (χ2v) is 10.4. The molecule has 0 radical (unpaired) electrons. The van der Waals surface area contributed by atoms with Crippen molar-refractivity contribution in [1.29, 1.82) is 0 Å². The Kier molecular flexibility index (Phi) is 14.7. The summed E-state index contributed by atoms with van der Waals surface area (Å²) in [7, 11) is 0. The maximum Gasteiger partial charge on any atom is 0.303 e. The van der Waals surface area contributed by atoms with Gasteiger partial charge in [-0.15, -0.1) is 0 Å². The molecule has 0 bridgehead atoms. The van der Waals surface area contributed by atoms with Crippen molar-refractivity contribution in [3.63, 3.8) is 0 Å². The van der Waals surface area contributed by atoms with Gasteiger partial charge in [-0.2, -0.15) is 0 Å². The number of imidazole rings is 1. The molecule has 1 saturated heterocycles. The van der Waals surface area contributed by atoms with Crippen molar-refractivity contribution in [2.24, 2.45) is 0 Å². The average Bonchev–Trinajstić information content (AvgIpc) is 3.34. The van der Waals surface area contributed by atoms with Crippen LogP contribution in [-0.4, -0.2) is 59.5 Å². The van der Waals surface area contributed by atoms with Crippen LogP contribution in [0.2, 0.25) is 0 Å². The van der Waals surface area contributed by atoms with Crippen molar-refractivity contribution in [1.82, 2.24) is 4.57 Å². The lowest BCUT2D eigenvalue weighted by atomic mass is 9.97. The molecule has 1 aromatic rings. The van der Waals surface area contributed by atoms with Gasteiger partial charge in [-0.25, -0.2) is 9.13 Å². The van der Waals surface area contributed by atoms with Crippen LogP contribution in [0.1, 0.15) is 105 Å². The molecular weight excluding hydrogens is 520 g/mol. The molecule has 1 aliphatic heterocycles. The Morgan fingerprint density at radius 2 is 1.25 bits per heavy atom. The molecule has 1 aromatic heterocycles. The van der Waals surface area contributed by atoms with Gasteiger partial charge >= 0.3 is 23.9 Å². The Balaban J connectivity index is 2.11. The van der Waals surface area contributed by atoms with E-state index in [1.165, 1.54) is 79.1 Å². The van der Waals surface area contributed by atoms with E-state index in [1.807, 2.05) is 17.1 Å². The highest BCUT2D eigenvalue weighted by Gasteiger charge is 2.54. The molecular formula is C29H47N2O9+. The zero-order chi connectivity index (χ0) is 29.5. The highest BCUT2D eigenvalue weighted by Crippen LogP contribution is 2.34. The summed E-state index contributed by atoms with van der Waals surface area (Å²) in [5.41, 5.74) is 0. The van der Waals surface area contributed by atoms with Crippen molar-refractivity contribution < 1.29 is 47.4 Å². The van der Waals surface area contributed by atoms with E-state index < -0.39 is 54.5 Å². The van der Waals surface area contributed by atoms with E-state index in [4.69, 9.17) is 23.7 Å². The second-order valence-electron chi connectivity index (χ2n) is 10.4. The molecule has 11 heteroatoms. The SMILES string of the molecule is CCCCCCCCCCCC[n+]1ccn([C@@H]2O[C@H](COC(C)=O)[C@@H](OC(C)=O)[C@H](OC(C)=O)[C@H]2OC(C)=O)c1. The maximum atomic E-state index is 12.1. The summed E-state index contributed by atoms with van der Waals surface area (Å²) in [5, 5.41) is 0. The minimum atomic E-state index is -1.19.